The van der Waals surface area contributed by atoms with E-state index in [1.165, 1.54) is 18.5 Å². The van der Waals surface area contributed by atoms with Crippen molar-refractivity contribution in [2.75, 3.05) is 6.61 Å². The molecule has 6 heteroatoms. The highest BCUT2D eigenvalue weighted by Crippen LogP contribution is 2.27. The van der Waals surface area contributed by atoms with E-state index in [2.05, 4.69) is 4.98 Å². The lowest BCUT2D eigenvalue weighted by Crippen LogP contribution is -2.35. The minimum absolute atomic E-state index is 0.138. The Kier molecular flexibility index (Phi) is 3.68. The van der Waals surface area contributed by atoms with Crippen molar-refractivity contribution < 1.29 is 19.0 Å². The van der Waals surface area contributed by atoms with Crippen LogP contribution >= 0.6 is 0 Å². The summed E-state index contributed by atoms with van der Waals surface area (Å²) < 4.78 is 11.3. The molecule has 2 aromatic rings. The third-order valence-electron chi connectivity index (χ3n) is 3.34. The zero-order valence-corrected chi connectivity index (χ0v) is 11.3. The van der Waals surface area contributed by atoms with Crippen molar-refractivity contribution in [3.8, 4) is 5.75 Å². The smallest absolute Gasteiger partial charge is 0.339 e. The van der Waals surface area contributed by atoms with Crippen LogP contribution in [0.4, 0.5) is 0 Å². The number of carbonyl (C=O) groups is 1. The quantitative estimate of drug-likeness (QED) is 0.478. The largest absolute Gasteiger partial charge is 0.711 e. The molecular weight excluding hydrogens is 272 g/mol. The maximum absolute atomic E-state index is 12.1. The molecule has 6 nitrogen and oxygen atoms in total. The van der Waals surface area contributed by atoms with Crippen molar-refractivity contribution in [3.05, 3.63) is 59.3 Å². The van der Waals surface area contributed by atoms with E-state index in [0.717, 1.165) is 11.3 Å². The second-order valence-electron chi connectivity index (χ2n) is 4.79. The number of rotatable bonds is 3. The van der Waals surface area contributed by atoms with Crippen molar-refractivity contribution in [2.24, 2.45) is 5.92 Å². The van der Waals surface area contributed by atoms with Gasteiger partial charge in [0.25, 0.3) is 0 Å². The Labute approximate surface area is 121 Å². The number of aromatic nitrogens is 2. The van der Waals surface area contributed by atoms with Gasteiger partial charge in [-0.3, -0.25) is 4.79 Å². The minimum Gasteiger partial charge on any atom is -0.711 e. The molecule has 1 aliphatic rings. The lowest BCUT2D eigenvalue weighted by molar-refractivity contribution is -0.620. The van der Waals surface area contributed by atoms with Gasteiger partial charge >= 0.3 is 11.8 Å². The summed E-state index contributed by atoms with van der Waals surface area (Å²) >= 11 is 0. The number of nitrogens with zero attached hydrogens (tertiary/aromatic N) is 2. The van der Waals surface area contributed by atoms with Gasteiger partial charge in [-0.2, -0.15) is 0 Å². The summed E-state index contributed by atoms with van der Waals surface area (Å²) in [7, 11) is 0. The predicted molar refractivity (Wildman–Crippen MR) is 72.1 cm³/mol. The summed E-state index contributed by atoms with van der Waals surface area (Å²) in [5.41, 5.74) is 0.988. The summed E-state index contributed by atoms with van der Waals surface area (Å²) in [5.74, 6) is 0.227. The Morgan fingerprint density at radius 1 is 1.43 bits per heavy atom. The maximum atomic E-state index is 12.1. The Hall–Kier alpha value is -2.63. The highest BCUT2D eigenvalue weighted by Gasteiger charge is 2.27. The fourth-order valence-electron chi connectivity index (χ4n) is 2.22. The molecule has 1 aromatic heterocycles. The molecule has 0 saturated heterocycles. The van der Waals surface area contributed by atoms with Crippen LogP contribution in [-0.4, -0.2) is 17.6 Å². The van der Waals surface area contributed by atoms with Gasteiger partial charge in [0.15, 0.2) is 6.61 Å². The fourth-order valence-corrected chi connectivity index (χ4v) is 2.22. The molecule has 0 aliphatic carbocycles. The number of ether oxygens (including phenoxy) is 2. The van der Waals surface area contributed by atoms with Crippen LogP contribution in [0.3, 0.4) is 0 Å². The van der Waals surface area contributed by atoms with Gasteiger partial charge in [0.05, 0.1) is 12.1 Å². The third kappa shape index (κ3) is 2.94. The van der Waals surface area contributed by atoms with E-state index in [1.54, 1.807) is 0 Å². The van der Waals surface area contributed by atoms with Crippen molar-refractivity contribution in [2.45, 2.75) is 13.0 Å². The molecular formula is C15H14N2O4. The van der Waals surface area contributed by atoms with Gasteiger partial charge in [-0.05, 0) is 23.0 Å². The first-order valence-corrected chi connectivity index (χ1v) is 6.64. The van der Waals surface area contributed by atoms with Gasteiger partial charge in [-0.1, -0.05) is 18.2 Å². The van der Waals surface area contributed by atoms with Crippen LogP contribution in [0.5, 0.6) is 5.75 Å². The fraction of sp³-hybridized carbons (Fsp3) is 0.267. The third-order valence-corrected chi connectivity index (χ3v) is 3.34. The van der Waals surface area contributed by atoms with E-state index >= 15 is 0 Å². The Bertz CT molecular complexity index is 660. The number of hydrogen-bond acceptors (Lipinski definition) is 5. The Morgan fingerprint density at radius 2 is 2.29 bits per heavy atom. The molecule has 1 aliphatic heterocycles. The normalized spacial score (nSPS) is 16.7. The monoisotopic (exact) mass is 286 g/mol. The molecule has 0 bridgehead atoms. The first-order chi connectivity index (χ1) is 10.2. The maximum Gasteiger partial charge on any atom is 0.339 e. The number of esters is 1. The standard InChI is InChI=1S/C15H14N2O4/c18-15(21-10-14-16-6-3-7-17(14)19)12-8-11-4-1-2-5-13(11)20-9-12/h1-7,12H,8-10H2. The average Bonchev–Trinajstić information content (AvgIpc) is 2.53. The van der Waals surface area contributed by atoms with Gasteiger partial charge in [0.1, 0.15) is 18.6 Å². The first-order valence-electron chi connectivity index (χ1n) is 6.64. The highest BCUT2D eigenvalue weighted by atomic mass is 16.5. The number of para-hydroxylation sites is 1. The van der Waals surface area contributed by atoms with Gasteiger partial charge in [-0.15, -0.1) is 0 Å². The molecule has 0 amide bonds. The highest BCUT2D eigenvalue weighted by molar-refractivity contribution is 5.73. The van der Waals surface area contributed by atoms with Crippen LogP contribution in [0.25, 0.3) is 0 Å². The van der Waals surface area contributed by atoms with Crippen LogP contribution in [0.15, 0.2) is 42.7 Å². The molecule has 108 valence electrons. The number of hydrogen-bond donors (Lipinski definition) is 0. The topological polar surface area (TPSA) is 75.4 Å². The summed E-state index contributed by atoms with van der Waals surface area (Å²) in [6, 6.07) is 9.13. The van der Waals surface area contributed by atoms with Gasteiger partial charge in [0.2, 0.25) is 0 Å². The molecule has 1 atom stereocenters. The van der Waals surface area contributed by atoms with Crippen molar-refractivity contribution in [3.63, 3.8) is 0 Å². The Morgan fingerprint density at radius 3 is 3.14 bits per heavy atom. The molecule has 0 N–H and O–H groups in total. The lowest BCUT2D eigenvalue weighted by atomic mass is 9.97. The van der Waals surface area contributed by atoms with Gasteiger partial charge in [0, 0.05) is 6.07 Å². The zero-order chi connectivity index (χ0) is 14.7. The van der Waals surface area contributed by atoms with Crippen LogP contribution in [0, 0.1) is 11.1 Å². The summed E-state index contributed by atoms with van der Waals surface area (Å²) in [5, 5.41) is 11.4. The number of carbonyl (C=O) groups excluding carboxylic acids is 1. The molecule has 0 saturated carbocycles. The first kappa shape index (κ1) is 13.4. The zero-order valence-electron chi connectivity index (χ0n) is 11.3. The second-order valence-corrected chi connectivity index (χ2v) is 4.79. The van der Waals surface area contributed by atoms with Crippen molar-refractivity contribution in [1.29, 1.82) is 0 Å². The molecule has 3 rings (SSSR count). The lowest BCUT2D eigenvalue weighted by Gasteiger charge is -2.23. The van der Waals surface area contributed by atoms with Gasteiger partial charge in [-0.25, -0.2) is 4.73 Å². The molecule has 0 radical (unpaired) electrons. The van der Waals surface area contributed by atoms with Crippen LogP contribution < -0.4 is 9.47 Å². The average molecular weight is 286 g/mol. The summed E-state index contributed by atoms with van der Waals surface area (Å²) in [4.78, 5) is 15.9. The SMILES string of the molecule is O=C(OCc1nccc[n+]1[O-])C1COc2ccccc2C1. The summed E-state index contributed by atoms with van der Waals surface area (Å²) in [6.45, 7) is 0.150. The van der Waals surface area contributed by atoms with E-state index < -0.39 is 0 Å². The second kappa shape index (κ2) is 5.78. The van der Waals surface area contributed by atoms with Crippen molar-refractivity contribution >= 4 is 5.97 Å². The summed E-state index contributed by atoms with van der Waals surface area (Å²) in [6.07, 6.45) is 3.38. The van der Waals surface area contributed by atoms with E-state index in [1.807, 2.05) is 24.3 Å². The van der Waals surface area contributed by atoms with Crippen LogP contribution in [0.1, 0.15) is 11.4 Å². The number of benzene rings is 1. The molecule has 0 fully saturated rings. The Balaban J connectivity index is 1.61. The van der Waals surface area contributed by atoms with Gasteiger partial charge < -0.3 is 14.7 Å². The van der Waals surface area contributed by atoms with E-state index in [9.17, 15) is 10.0 Å². The van der Waals surface area contributed by atoms with E-state index in [4.69, 9.17) is 9.47 Å². The molecule has 1 unspecified atom stereocenters. The molecule has 1 aromatic carbocycles. The molecule has 21 heavy (non-hydrogen) atoms. The molecule has 0 spiro atoms. The number of fused-ring (bicyclic) bond motifs is 1. The van der Waals surface area contributed by atoms with Crippen molar-refractivity contribution in [1.82, 2.24) is 4.98 Å². The van der Waals surface area contributed by atoms with Crippen LogP contribution in [0.2, 0.25) is 0 Å². The van der Waals surface area contributed by atoms with E-state index in [0.29, 0.717) is 11.2 Å². The van der Waals surface area contributed by atoms with E-state index in [-0.39, 0.29) is 30.9 Å². The predicted octanol–water partition coefficient (Wildman–Crippen LogP) is 1.01. The molecule has 2 heterocycles. The minimum atomic E-state index is -0.379. The van der Waals surface area contributed by atoms with Crippen LogP contribution in [-0.2, 0) is 22.6 Å².